The normalized spacial score (nSPS) is 17.6. The first kappa shape index (κ1) is 29.2. The van der Waals surface area contributed by atoms with E-state index in [4.69, 9.17) is 0 Å². The molecule has 10 heteroatoms. The lowest BCUT2D eigenvalue weighted by molar-refractivity contribution is 0.0832. The van der Waals surface area contributed by atoms with Gasteiger partial charge in [-0.05, 0) is 56.5 Å². The molecule has 0 unspecified atom stereocenters. The van der Waals surface area contributed by atoms with Gasteiger partial charge in [-0.3, -0.25) is 18.2 Å². The summed E-state index contributed by atoms with van der Waals surface area (Å²) in [4.78, 5) is 13.4. The number of aliphatic hydroxyl groups excluding tert-OH is 1. The van der Waals surface area contributed by atoms with Crippen molar-refractivity contribution in [3.8, 4) is 0 Å². The van der Waals surface area contributed by atoms with Gasteiger partial charge in [-0.15, -0.1) is 23.2 Å². The van der Waals surface area contributed by atoms with Gasteiger partial charge in [0.2, 0.25) is 0 Å². The van der Waals surface area contributed by atoms with Gasteiger partial charge in [0.15, 0.2) is 0 Å². The third-order valence-corrected chi connectivity index (χ3v) is 7.85. The second-order valence-electron chi connectivity index (χ2n) is 8.59. The Morgan fingerprint density at radius 3 is 2.49 bits per heavy atom. The number of carbonyl (C=O) groups is 1. The third-order valence-electron chi connectivity index (χ3n) is 5.91. The molecule has 196 valence electrons. The monoisotopic (exact) mass is 526 g/mol. The van der Waals surface area contributed by atoms with Gasteiger partial charge in [-0.2, -0.15) is 0 Å². The van der Waals surface area contributed by atoms with E-state index in [-0.39, 0.29) is 18.3 Å². The SMILES string of the molecule is CCNC[C@H](O)[C@H](Cc1ccccc1)NC(=O)c1cc(NCC)cc(N2CCCCS2(O)O)c1.Cl. The molecule has 35 heavy (non-hydrogen) atoms. The molecular weight excluding hydrogens is 488 g/mol. The van der Waals surface area contributed by atoms with E-state index in [9.17, 15) is 19.0 Å². The molecule has 0 bridgehead atoms. The van der Waals surface area contributed by atoms with Crippen molar-refractivity contribution in [3.63, 3.8) is 0 Å². The maximum Gasteiger partial charge on any atom is 0.251 e. The minimum atomic E-state index is -2.91. The van der Waals surface area contributed by atoms with Crippen molar-refractivity contribution in [2.75, 3.05) is 41.6 Å². The molecule has 1 saturated heterocycles. The van der Waals surface area contributed by atoms with E-state index in [2.05, 4.69) is 16.0 Å². The van der Waals surface area contributed by atoms with Crippen LogP contribution in [0.2, 0.25) is 0 Å². The highest BCUT2D eigenvalue weighted by Crippen LogP contribution is 2.50. The third kappa shape index (κ3) is 8.27. The zero-order valence-corrected chi connectivity index (χ0v) is 22.1. The van der Waals surface area contributed by atoms with Gasteiger partial charge >= 0.3 is 0 Å². The van der Waals surface area contributed by atoms with Gasteiger partial charge in [0.05, 0.1) is 23.6 Å². The van der Waals surface area contributed by atoms with E-state index in [1.54, 1.807) is 16.4 Å². The maximum atomic E-state index is 13.4. The van der Waals surface area contributed by atoms with Crippen LogP contribution in [0.4, 0.5) is 11.4 Å². The number of aliphatic hydroxyl groups is 1. The van der Waals surface area contributed by atoms with E-state index in [1.165, 1.54) is 0 Å². The second kappa shape index (κ2) is 13.9. The van der Waals surface area contributed by atoms with Crippen LogP contribution >= 0.6 is 23.2 Å². The van der Waals surface area contributed by atoms with Crippen molar-refractivity contribution in [2.45, 2.75) is 45.3 Å². The second-order valence-corrected chi connectivity index (χ2v) is 10.7. The molecule has 0 saturated carbocycles. The van der Waals surface area contributed by atoms with Crippen molar-refractivity contribution in [3.05, 3.63) is 59.7 Å². The molecule has 1 aliphatic heterocycles. The summed E-state index contributed by atoms with van der Waals surface area (Å²) < 4.78 is 22.8. The molecule has 3 rings (SSSR count). The molecule has 6 N–H and O–H groups in total. The predicted molar refractivity (Wildman–Crippen MR) is 148 cm³/mol. The van der Waals surface area contributed by atoms with Gasteiger partial charge < -0.3 is 21.1 Å². The lowest BCUT2D eigenvalue weighted by Gasteiger charge is -2.47. The standard InChI is InChI=1S/C25H38N4O4S.ClH/c1-3-26-18-24(30)23(14-19-10-6-5-7-11-19)28-25(31)20-15-21(27-4-2)17-22(16-20)29-12-8-9-13-34(29,32)33;/h5-7,10-11,15-17,23-24,26-27,30,32-33H,3-4,8-9,12-14,18H2,1-2H3,(H,28,31);1H/t23-,24-;/m0./s1. The Morgan fingerprint density at radius 1 is 1.09 bits per heavy atom. The van der Waals surface area contributed by atoms with Crippen LogP contribution in [0.1, 0.15) is 42.6 Å². The number of halogens is 1. The Balaban J connectivity index is 0.00000432. The molecule has 2 aromatic rings. The molecule has 1 amide bonds. The first-order valence-electron chi connectivity index (χ1n) is 12.0. The molecule has 8 nitrogen and oxygen atoms in total. The Morgan fingerprint density at radius 2 is 1.83 bits per heavy atom. The van der Waals surface area contributed by atoms with E-state index in [0.29, 0.717) is 43.1 Å². The van der Waals surface area contributed by atoms with E-state index in [1.807, 2.05) is 50.2 Å². The smallest absolute Gasteiger partial charge is 0.251 e. The number of benzene rings is 2. The number of hydrogen-bond donors (Lipinski definition) is 6. The Hall–Kier alpha value is -2.01. The quantitative estimate of drug-likeness (QED) is 0.261. The number of amides is 1. The van der Waals surface area contributed by atoms with Gasteiger partial charge in [0.1, 0.15) is 0 Å². The van der Waals surface area contributed by atoms with Crippen LogP contribution in [0, 0.1) is 0 Å². The first-order chi connectivity index (χ1) is 16.3. The van der Waals surface area contributed by atoms with Crippen molar-refractivity contribution >= 4 is 40.5 Å². The summed E-state index contributed by atoms with van der Waals surface area (Å²) in [6.45, 7) is 6.21. The van der Waals surface area contributed by atoms with Crippen LogP contribution in [0.25, 0.3) is 0 Å². The highest BCUT2D eigenvalue weighted by Gasteiger charge is 2.28. The lowest BCUT2D eigenvalue weighted by Crippen LogP contribution is -2.48. The van der Waals surface area contributed by atoms with Crippen molar-refractivity contribution < 1.29 is 19.0 Å². The largest absolute Gasteiger partial charge is 0.390 e. The summed E-state index contributed by atoms with van der Waals surface area (Å²) in [6, 6.07) is 14.6. The molecule has 1 fully saturated rings. The van der Waals surface area contributed by atoms with Crippen molar-refractivity contribution in [1.29, 1.82) is 0 Å². The molecule has 0 aliphatic carbocycles. The Bertz CT molecular complexity index is 935. The minimum Gasteiger partial charge on any atom is -0.390 e. The number of nitrogens with one attached hydrogen (secondary N) is 3. The molecule has 1 heterocycles. The Labute approximate surface area is 216 Å². The highest BCUT2D eigenvalue weighted by atomic mass is 35.5. The van der Waals surface area contributed by atoms with Gasteiger partial charge in [-0.1, -0.05) is 37.3 Å². The van der Waals surface area contributed by atoms with Crippen LogP contribution in [0.15, 0.2) is 48.5 Å². The van der Waals surface area contributed by atoms with E-state index >= 15 is 0 Å². The van der Waals surface area contributed by atoms with Crippen LogP contribution in [-0.4, -0.2) is 64.2 Å². The van der Waals surface area contributed by atoms with E-state index in [0.717, 1.165) is 30.6 Å². The molecule has 2 aromatic carbocycles. The van der Waals surface area contributed by atoms with Crippen LogP contribution < -0.4 is 20.3 Å². The molecule has 1 aliphatic rings. The van der Waals surface area contributed by atoms with E-state index < -0.39 is 22.9 Å². The zero-order valence-electron chi connectivity index (χ0n) is 20.4. The minimum absolute atomic E-state index is 0. The summed E-state index contributed by atoms with van der Waals surface area (Å²) >= 11 is 0. The van der Waals surface area contributed by atoms with Crippen LogP contribution in [-0.2, 0) is 6.42 Å². The summed E-state index contributed by atoms with van der Waals surface area (Å²) in [5.74, 6) is 0.0152. The average molecular weight is 527 g/mol. The number of likely N-dealkylation sites (N-methyl/N-ethyl adjacent to an activating group) is 1. The Kier molecular flexibility index (Phi) is 11.6. The summed E-state index contributed by atoms with van der Waals surface area (Å²) in [6.07, 6.45) is 1.35. The fourth-order valence-corrected chi connectivity index (χ4v) is 5.81. The first-order valence-corrected chi connectivity index (χ1v) is 13.7. The van der Waals surface area contributed by atoms with Crippen molar-refractivity contribution in [2.24, 2.45) is 0 Å². The number of carbonyl (C=O) groups excluding carboxylic acids is 1. The molecule has 0 radical (unpaired) electrons. The molecule has 0 spiro atoms. The predicted octanol–water partition coefficient (Wildman–Crippen LogP) is 4.12. The topological polar surface area (TPSA) is 117 Å². The average Bonchev–Trinajstić information content (AvgIpc) is 2.82. The van der Waals surface area contributed by atoms with Gasteiger partial charge in [0, 0.05) is 30.9 Å². The van der Waals surface area contributed by atoms with Crippen LogP contribution in [0.3, 0.4) is 0 Å². The summed E-state index contributed by atoms with van der Waals surface area (Å²) in [5, 5.41) is 20.2. The fourth-order valence-electron chi connectivity index (χ4n) is 4.14. The number of hydrogen-bond acceptors (Lipinski definition) is 7. The maximum absolute atomic E-state index is 13.4. The number of anilines is 2. The van der Waals surface area contributed by atoms with Crippen molar-refractivity contribution in [1.82, 2.24) is 10.6 Å². The summed E-state index contributed by atoms with van der Waals surface area (Å²) in [5.41, 5.74) is 2.77. The fraction of sp³-hybridized carbons (Fsp3) is 0.480. The molecule has 0 aromatic heterocycles. The van der Waals surface area contributed by atoms with Gasteiger partial charge in [0.25, 0.3) is 5.91 Å². The van der Waals surface area contributed by atoms with Crippen LogP contribution in [0.5, 0.6) is 0 Å². The number of rotatable bonds is 11. The highest BCUT2D eigenvalue weighted by molar-refractivity contribution is 8.25. The summed E-state index contributed by atoms with van der Waals surface area (Å²) in [7, 11) is -2.91. The molecule has 2 atom stereocenters. The number of nitrogens with zero attached hydrogens (tertiary/aromatic N) is 1. The molecular formula is C25H39ClN4O4S. The van der Waals surface area contributed by atoms with Gasteiger partial charge in [-0.25, -0.2) is 0 Å². The zero-order chi connectivity index (χ0) is 24.6. The lowest BCUT2D eigenvalue weighted by atomic mass is 10.00.